The van der Waals surface area contributed by atoms with Crippen LogP contribution in [0.25, 0.3) is 0 Å². The van der Waals surface area contributed by atoms with E-state index < -0.39 is 0 Å². The van der Waals surface area contributed by atoms with Crippen LogP contribution in [0.3, 0.4) is 0 Å². The first-order valence-corrected chi connectivity index (χ1v) is 9.98. The Morgan fingerprint density at radius 2 is 1.96 bits per heavy atom. The molecule has 1 N–H and O–H groups in total. The lowest BCUT2D eigenvalue weighted by molar-refractivity contribution is -0.130. The second-order valence-electron chi connectivity index (χ2n) is 7.50. The Labute approximate surface area is 156 Å². The molecule has 0 saturated carbocycles. The van der Waals surface area contributed by atoms with Crippen molar-refractivity contribution in [2.75, 3.05) is 26.2 Å². The van der Waals surface area contributed by atoms with Gasteiger partial charge in [-0.1, -0.05) is 38.1 Å². The second kappa shape index (κ2) is 8.67. The summed E-state index contributed by atoms with van der Waals surface area (Å²) >= 11 is 0. The molecule has 1 unspecified atom stereocenters. The van der Waals surface area contributed by atoms with E-state index in [9.17, 15) is 9.59 Å². The number of hydrogen-bond donors (Lipinski definition) is 1. The zero-order valence-corrected chi connectivity index (χ0v) is 16.0. The van der Waals surface area contributed by atoms with Crippen LogP contribution in [0.4, 0.5) is 0 Å². The van der Waals surface area contributed by atoms with Crippen molar-refractivity contribution in [1.82, 2.24) is 15.1 Å². The maximum atomic E-state index is 12.5. The Bertz CT molecular complexity index is 642. The molecule has 2 heterocycles. The van der Waals surface area contributed by atoms with Crippen molar-refractivity contribution in [3.05, 3.63) is 35.4 Å². The SMILES string of the molecule is CCC(CC)N1CC(C(=O)NCCN2CCc3ccccc3C2)CC1=O. The van der Waals surface area contributed by atoms with Crippen molar-refractivity contribution in [3.63, 3.8) is 0 Å². The van der Waals surface area contributed by atoms with Crippen LogP contribution in [-0.2, 0) is 22.6 Å². The van der Waals surface area contributed by atoms with Crippen molar-refractivity contribution in [2.45, 2.75) is 52.1 Å². The zero-order valence-electron chi connectivity index (χ0n) is 16.0. The lowest BCUT2D eigenvalue weighted by atomic mass is 10.00. The lowest BCUT2D eigenvalue weighted by Crippen LogP contribution is -2.41. The van der Waals surface area contributed by atoms with Crippen LogP contribution in [0.15, 0.2) is 24.3 Å². The third-order valence-electron chi connectivity index (χ3n) is 5.85. The van der Waals surface area contributed by atoms with Gasteiger partial charge >= 0.3 is 0 Å². The quantitative estimate of drug-likeness (QED) is 0.814. The summed E-state index contributed by atoms with van der Waals surface area (Å²) in [5.41, 5.74) is 2.84. The van der Waals surface area contributed by atoms with Gasteiger partial charge in [-0.2, -0.15) is 0 Å². The minimum absolute atomic E-state index is 0.0317. The topological polar surface area (TPSA) is 52.7 Å². The van der Waals surface area contributed by atoms with Crippen LogP contribution in [0.1, 0.15) is 44.2 Å². The normalized spacial score (nSPS) is 20.5. The lowest BCUT2D eigenvalue weighted by Gasteiger charge is -2.29. The number of likely N-dealkylation sites (tertiary alicyclic amines) is 1. The molecule has 0 radical (unpaired) electrons. The van der Waals surface area contributed by atoms with Gasteiger partial charge in [-0.25, -0.2) is 0 Å². The molecule has 2 amide bonds. The minimum atomic E-state index is -0.190. The van der Waals surface area contributed by atoms with E-state index in [4.69, 9.17) is 0 Å². The van der Waals surface area contributed by atoms with Crippen LogP contribution in [-0.4, -0.2) is 53.8 Å². The van der Waals surface area contributed by atoms with Crippen LogP contribution in [0.5, 0.6) is 0 Å². The summed E-state index contributed by atoms with van der Waals surface area (Å²) in [4.78, 5) is 29.0. The molecule has 1 fully saturated rings. The number of amides is 2. The van der Waals surface area contributed by atoms with E-state index >= 15 is 0 Å². The number of hydrogen-bond acceptors (Lipinski definition) is 3. The number of benzene rings is 1. The van der Waals surface area contributed by atoms with Gasteiger partial charge in [0.05, 0.1) is 5.92 Å². The van der Waals surface area contributed by atoms with Crippen LogP contribution in [0.2, 0.25) is 0 Å². The summed E-state index contributed by atoms with van der Waals surface area (Å²) in [5, 5.41) is 3.05. The minimum Gasteiger partial charge on any atom is -0.355 e. The highest BCUT2D eigenvalue weighted by molar-refractivity contribution is 5.89. The highest BCUT2D eigenvalue weighted by Gasteiger charge is 2.36. The fourth-order valence-electron chi connectivity index (χ4n) is 4.22. The number of carbonyl (C=O) groups excluding carboxylic acids is 2. The van der Waals surface area contributed by atoms with E-state index in [2.05, 4.69) is 48.3 Å². The summed E-state index contributed by atoms with van der Waals surface area (Å²) in [6.45, 7) is 8.28. The van der Waals surface area contributed by atoms with Gasteiger partial charge in [0.1, 0.15) is 0 Å². The van der Waals surface area contributed by atoms with Gasteiger partial charge in [-0.15, -0.1) is 0 Å². The average molecular weight is 357 g/mol. The van der Waals surface area contributed by atoms with Gasteiger partial charge in [0.25, 0.3) is 0 Å². The smallest absolute Gasteiger partial charge is 0.225 e. The molecule has 5 nitrogen and oxygen atoms in total. The predicted molar refractivity (Wildman–Crippen MR) is 103 cm³/mol. The molecule has 1 aromatic rings. The van der Waals surface area contributed by atoms with Crippen LogP contribution in [0, 0.1) is 5.92 Å². The Morgan fingerprint density at radius 1 is 1.23 bits per heavy atom. The number of fused-ring (bicyclic) bond motifs is 1. The molecule has 1 atom stereocenters. The maximum absolute atomic E-state index is 12.5. The second-order valence-corrected chi connectivity index (χ2v) is 7.50. The van der Waals surface area contributed by atoms with Crippen LogP contribution < -0.4 is 5.32 Å². The monoisotopic (exact) mass is 357 g/mol. The molecule has 2 aliphatic heterocycles. The largest absolute Gasteiger partial charge is 0.355 e. The molecule has 26 heavy (non-hydrogen) atoms. The van der Waals surface area contributed by atoms with Crippen molar-refractivity contribution in [1.29, 1.82) is 0 Å². The third kappa shape index (κ3) is 4.26. The van der Waals surface area contributed by atoms with Gasteiger partial charge in [0.15, 0.2) is 0 Å². The molecule has 2 aliphatic rings. The summed E-state index contributed by atoms with van der Waals surface area (Å²) in [6.07, 6.45) is 3.34. The predicted octanol–water partition coefficient (Wildman–Crippen LogP) is 2.20. The van der Waals surface area contributed by atoms with Gasteiger partial charge in [-0.3, -0.25) is 14.5 Å². The molecule has 142 valence electrons. The highest BCUT2D eigenvalue weighted by atomic mass is 16.2. The Morgan fingerprint density at radius 3 is 2.69 bits per heavy atom. The Kier molecular flexibility index (Phi) is 6.30. The van der Waals surface area contributed by atoms with Gasteiger partial charge in [0.2, 0.25) is 11.8 Å². The van der Waals surface area contributed by atoms with Gasteiger partial charge in [0, 0.05) is 45.2 Å². The maximum Gasteiger partial charge on any atom is 0.225 e. The first-order chi connectivity index (χ1) is 12.6. The number of nitrogens with one attached hydrogen (secondary N) is 1. The average Bonchev–Trinajstić information content (AvgIpc) is 3.04. The molecule has 0 aromatic heterocycles. The Balaban J connectivity index is 1.43. The summed E-state index contributed by atoms with van der Waals surface area (Å²) in [5.74, 6) is -0.0270. The molecular weight excluding hydrogens is 326 g/mol. The number of nitrogens with zero attached hydrogens (tertiary/aromatic N) is 2. The van der Waals surface area contributed by atoms with E-state index in [1.807, 2.05) is 4.90 Å². The molecule has 3 rings (SSSR count). The molecular formula is C21H31N3O2. The van der Waals surface area contributed by atoms with E-state index in [1.54, 1.807) is 0 Å². The van der Waals surface area contributed by atoms with Crippen molar-refractivity contribution in [3.8, 4) is 0 Å². The number of carbonyl (C=O) groups is 2. The van der Waals surface area contributed by atoms with Crippen molar-refractivity contribution in [2.24, 2.45) is 5.92 Å². The summed E-state index contributed by atoms with van der Waals surface area (Å²) in [7, 11) is 0. The molecule has 0 bridgehead atoms. The van der Waals surface area contributed by atoms with Crippen LogP contribution >= 0.6 is 0 Å². The van der Waals surface area contributed by atoms with E-state index in [1.165, 1.54) is 11.1 Å². The Hall–Kier alpha value is -1.88. The molecule has 0 aliphatic carbocycles. The molecule has 0 spiro atoms. The summed E-state index contributed by atoms with van der Waals surface area (Å²) in [6, 6.07) is 8.86. The third-order valence-corrected chi connectivity index (χ3v) is 5.85. The van der Waals surface area contributed by atoms with Gasteiger partial charge in [-0.05, 0) is 30.4 Å². The number of rotatable bonds is 7. The molecule has 1 saturated heterocycles. The standard InChI is InChI=1S/C21H31N3O2/c1-3-19(4-2)24-15-18(13-20(24)25)21(26)22-10-12-23-11-9-16-7-5-6-8-17(16)14-23/h5-8,18-19H,3-4,9-15H2,1-2H3,(H,22,26). The first-order valence-electron chi connectivity index (χ1n) is 9.98. The first kappa shape index (κ1) is 18.9. The fourth-order valence-corrected chi connectivity index (χ4v) is 4.22. The summed E-state index contributed by atoms with van der Waals surface area (Å²) < 4.78 is 0. The van der Waals surface area contributed by atoms with Gasteiger partial charge < -0.3 is 10.2 Å². The fraction of sp³-hybridized carbons (Fsp3) is 0.619. The van der Waals surface area contributed by atoms with E-state index in [-0.39, 0.29) is 23.8 Å². The molecule has 1 aromatic carbocycles. The van der Waals surface area contributed by atoms with E-state index in [0.29, 0.717) is 19.5 Å². The highest BCUT2D eigenvalue weighted by Crippen LogP contribution is 2.23. The van der Waals surface area contributed by atoms with Crippen molar-refractivity contribution >= 4 is 11.8 Å². The van der Waals surface area contributed by atoms with Crippen molar-refractivity contribution < 1.29 is 9.59 Å². The molecule has 5 heteroatoms. The van der Waals surface area contributed by atoms with E-state index in [0.717, 1.165) is 38.9 Å². The zero-order chi connectivity index (χ0) is 18.5.